The van der Waals surface area contributed by atoms with Crippen LogP contribution in [0.2, 0.25) is 0 Å². The quantitative estimate of drug-likeness (QED) is 0.613. The van der Waals surface area contributed by atoms with Gasteiger partial charge in [0.2, 0.25) is 0 Å². The fourth-order valence-corrected chi connectivity index (χ4v) is 5.16. The van der Waals surface area contributed by atoms with E-state index >= 15 is 0 Å². The highest BCUT2D eigenvalue weighted by Crippen LogP contribution is 2.47. The number of rotatable bonds is 2. The van der Waals surface area contributed by atoms with Crippen LogP contribution in [0.15, 0.2) is 41.5 Å². The van der Waals surface area contributed by atoms with Crippen molar-refractivity contribution in [1.29, 1.82) is 5.26 Å². The van der Waals surface area contributed by atoms with Crippen molar-refractivity contribution in [2.45, 2.75) is 24.3 Å². The first kappa shape index (κ1) is 13.4. The topological polar surface area (TPSA) is 40.9 Å². The normalized spacial score (nSPS) is 27.9. The Morgan fingerprint density at radius 2 is 1.94 bits per heavy atom. The van der Waals surface area contributed by atoms with Gasteiger partial charge < -0.3 is 0 Å². The van der Waals surface area contributed by atoms with Crippen molar-refractivity contribution >= 4 is 22.6 Å². The Kier molecular flexibility index (Phi) is 3.94. The summed E-state index contributed by atoms with van der Waals surface area (Å²) in [5, 5.41) is 11.2. The zero-order chi connectivity index (χ0) is 13.2. The monoisotopic (exact) mass is 277 g/mol. The van der Waals surface area contributed by atoms with Crippen molar-refractivity contribution in [2.24, 2.45) is 0 Å². The van der Waals surface area contributed by atoms with Crippen LogP contribution in [0.5, 0.6) is 0 Å². The third-order valence-electron chi connectivity index (χ3n) is 3.37. The van der Waals surface area contributed by atoms with E-state index in [1.165, 1.54) is 11.1 Å². The molecule has 2 atom stereocenters. The molecular formula is C14H15NOS2. The van der Waals surface area contributed by atoms with Crippen molar-refractivity contribution in [1.82, 2.24) is 0 Å². The lowest BCUT2D eigenvalue weighted by Gasteiger charge is -2.35. The number of nitriles is 1. The predicted octanol–water partition coefficient (Wildman–Crippen LogP) is 3.54. The minimum atomic E-state index is -1.06. The third kappa shape index (κ3) is 2.25. The summed E-state index contributed by atoms with van der Waals surface area (Å²) in [6.07, 6.45) is 0.688. The summed E-state index contributed by atoms with van der Waals surface area (Å²) in [6.45, 7) is 4.10. The largest absolute Gasteiger partial charge is 0.257 e. The summed E-state index contributed by atoms with van der Waals surface area (Å²) in [5.41, 5.74) is 3.43. The highest BCUT2D eigenvalue weighted by atomic mass is 32.2. The molecule has 0 saturated carbocycles. The van der Waals surface area contributed by atoms with Gasteiger partial charge in [0, 0.05) is 16.6 Å². The first-order valence-corrected chi connectivity index (χ1v) is 7.90. The van der Waals surface area contributed by atoms with Gasteiger partial charge in [-0.25, -0.2) is 0 Å². The van der Waals surface area contributed by atoms with Crippen LogP contribution >= 0.6 is 11.8 Å². The van der Waals surface area contributed by atoms with Gasteiger partial charge in [-0.2, -0.15) is 5.26 Å². The summed E-state index contributed by atoms with van der Waals surface area (Å²) in [7, 11) is -1.06. The van der Waals surface area contributed by atoms with E-state index in [1.807, 2.05) is 37.3 Å². The molecular weight excluding hydrogens is 262 g/mol. The number of hydrogen-bond donors (Lipinski definition) is 0. The molecule has 0 amide bonds. The molecule has 18 heavy (non-hydrogen) atoms. The maximum absolute atomic E-state index is 12.6. The molecule has 0 aliphatic carbocycles. The van der Waals surface area contributed by atoms with Gasteiger partial charge in [0.1, 0.15) is 9.48 Å². The number of thioether (sulfide) groups is 1. The number of nitrogens with zero attached hydrogens (tertiary/aromatic N) is 1. The smallest absolute Gasteiger partial charge is 0.135 e. The number of thiocyanates is 1. The molecule has 2 rings (SSSR count). The summed E-state index contributed by atoms with van der Waals surface area (Å²) >= 11 is 1.14. The lowest BCUT2D eigenvalue weighted by Crippen LogP contribution is -2.33. The van der Waals surface area contributed by atoms with Crippen LogP contribution in [0, 0.1) is 10.7 Å². The van der Waals surface area contributed by atoms with Gasteiger partial charge in [0.05, 0.1) is 0 Å². The van der Waals surface area contributed by atoms with Crippen LogP contribution in [0.3, 0.4) is 0 Å². The molecule has 1 aromatic rings. The van der Waals surface area contributed by atoms with E-state index in [0.29, 0.717) is 12.2 Å². The maximum Gasteiger partial charge on any atom is 0.135 e. The molecule has 0 radical (unpaired) electrons. The van der Waals surface area contributed by atoms with E-state index in [2.05, 4.69) is 12.3 Å². The third-order valence-corrected chi connectivity index (χ3v) is 6.79. The Bertz CT molecular complexity index is 545. The van der Waals surface area contributed by atoms with Crippen LogP contribution in [0.25, 0.3) is 0 Å². The molecule has 2 nitrogen and oxygen atoms in total. The highest BCUT2D eigenvalue weighted by Gasteiger charge is 2.42. The fraction of sp³-hybridized carbons (Fsp3) is 0.357. The Balaban J connectivity index is 2.53. The minimum Gasteiger partial charge on any atom is -0.257 e. The number of allylic oxidation sites excluding steroid dienone is 1. The first-order chi connectivity index (χ1) is 8.60. The second kappa shape index (κ2) is 5.29. The molecule has 1 aliphatic heterocycles. The van der Waals surface area contributed by atoms with E-state index < -0.39 is 14.9 Å². The molecule has 1 aromatic carbocycles. The van der Waals surface area contributed by atoms with Crippen molar-refractivity contribution in [3.8, 4) is 5.40 Å². The summed E-state index contributed by atoms with van der Waals surface area (Å²) in [5.74, 6) is 0.565. The van der Waals surface area contributed by atoms with Gasteiger partial charge >= 0.3 is 0 Å². The Morgan fingerprint density at radius 1 is 1.28 bits per heavy atom. The van der Waals surface area contributed by atoms with E-state index in [-0.39, 0.29) is 0 Å². The van der Waals surface area contributed by atoms with Gasteiger partial charge in [0.15, 0.2) is 0 Å². The summed E-state index contributed by atoms with van der Waals surface area (Å²) in [6, 6.07) is 9.75. The number of benzene rings is 1. The molecule has 0 spiro atoms. The standard InChI is InChI=1S/C14H15NOS2/c1-11-8-14(17-10-15,18(16)9-12(11)2)13-6-4-3-5-7-13/h3-7H,8-9H2,1-2H3/t14-,18?/m0/s1. The molecule has 0 bridgehead atoms. The average molecular weight is 277 g/mol. The molecule has 1 unspecified atom stereocenters. The highest BCUT2D eigenvalue weighted by molar-refractivity contribution is 8.14. The van der Waals surface area contributed by atoms with Crippen molar-refractivity contribution in [3.63, 3.8) is 0 Å². The molecule has 0 N–H and O–H groups in total. The van der Waals surface area contributed by atoms with Crippen LogP contribution in [-0.4, -0.2) is 9.96 Å². The fourth-order valence-electron chi connectivity index (χ4n) is 2.16. The van der Waals surface area contributed by atoms with Gasteiger partial charge in [-0.05, 0) is 37.6 Å². The van der Waals surface area contributed by atoms with Crippen LogP contribution in [-0.2, 0) is 14.9 Å². The molecule has 1 heterocycles. The summed E-state index contributed by atoms with van der Waals surface area (Å²) in [4.78, 5) is 0. The minimum absolute atomic E-state index is 0.565. The van der Waals surface area contributed by atoms with Crippen LogP contribution in [0.4, 0.5) is 0 Å². The molecule has 0 saturated heterocycles. The molecule has 0 fully saturated rings. The molecule has 94 valence electrons. The van der Waals surface area contributed by atoms with E-state index in [0.717, 1.165) is 17.3 Å². The second-order valence-electron chi connectivity index (χ2n) is 4.54. The van der Waals surface area contributed by atoms with Gasteiger partial charge in [-0.1, -0.05) is 41.5 Å². The first-order valence-electron chi connectivity index (χ1n) is 5.76. The maximum atomic E-state index is 12.6. The Hall–Kier alpha value is -1.05. The van der Waals surface area contributed by atoms with Gasteiger partial charge in [-0.15, -0.1) is 0 Å². The van der Waals surface area contributed by atoms with E-state index in [9.17, 15) is 4.21 Å². The molecule has 0 aromatic heterocycles. The molecule has 1 aliphatic rings. The van der Waals surface area contributed by atoms with Crippen LogP contribution in [0.1, 0.15) is 25.8 Å². The van der Waals surface area contributed by atoms with Gasteiger partial charge in [-0.3, -0.25) is 4.21 Å². The Morgan fingerprint density at radius 3 is 2.56 bits per heavy atom. The van der Waals surface area contributed by atoms with E-state index in [1.54, 1.807) is 0 Å². The Labute approximate surface area is 115 Å². The van der Waals surface area contributed by atoms with E-state index in [4.69, 9.17) is 5.26 Å². The molecule has 4 heteroatoms. The SMILES string of the molecule is CC1=C(C)C[C@@](SC#N)(c2ccccc2)S(=O)C1. The zero-order valence-corrected chi connectivity index (χ0v) is 12.1. The van der Waals surface area contributed by atoms with Crippen LogP contribution < -0.4 is 0 Å². The number of hydrogen-bond acceptors (Lipinski definition) is 3. The predicted molar refractivity (Wildman–Crippen MR) is 77.3 cm³/mol. The van der Waals surface area contributed by atoms with Crippen molar-refractivity contribution in [2.75, 3.05) is 5.75 Å². The lowest BCUT2D eigenvalue weighted by atomic mass is 10.0. The lowest BCUT2D eigenvalue weighted by molar-refractivity contribution is 0.658. The summed E-state index contributed by atoms with van der Waals surface area (Å²) < 4.78 is 12.0. The van der Waals surface area contributed by atoms with Crippen molar-refractivity contribution < 1.29 is 4.21 Å². The average Bonchev–Trinajstić information content (AvgIpc) is 2.37. The van der Waals surface area contributed by atoms with Gasteiger partial charge in [0.25, 0.3) is 0 Å². The zero-order valence-electron chi connectivity index (χ0n) is 10.5. The van der Waals surface area contributed by atoms with Crippen molar-refractivity contribution in [3.05, 3.63) is 47.0 Å². The second-order valence-corrected chi connectivity index (χ2v) is 7.56.